The van der Waals surface area contributed by atoms with Crippen LogP contribution in [0.2, 0.25) is 5.02 Å². The lowest BCUT2D eigenvalue weighted by molar-refractivity contribution is 0.0697. The smallest absolute Gasteiger partial charge is 0.337 e. The third-order valence-corrected chi connectivity index (χ3v) is 3.95. The molecule has 0 aliphatic heterocycles. The van der Waals surface area contributed by atoms with Gasteiger partial charge in [0.25, 0.3) is 0 Å². The SMILES string of the molecule is CCN(CC1CCC1)c1ccc(C(=O)O)c(Cl)c1. The Kier molecular flexibility index (Phi) is 4.12. The molecule has 0 amide bonds. The fourth-order valence-electron chi connectivity index (χ4n) is 2.28. The molecule has 18 heavy (non-hydrogen) atoms. The molecular weight excluding hydrogens is 250 g/mol. The van der Waals surface area contributed by atoms with Crippen LogP contribution in [0.5, 0.6) is 0 Å². The van der Waals surface area contributed by atoms with Crippen molar-refractivity contribution in [2.45, 2.75) is 26.2 Å². The number of carbonyl (C=O) groups is 1. The topological polar surface area (TPSA) is 40.5 Å². The molecule has 1 aliphatic carbocycles. The number of hydrogen-bond donors (Lipinski definition) is 1. The lowest BCUT2D eigenvalue weighted by Gasteiger charge is -2.33. The Labute approximate surface area is 112 Å². The second kappa shape index (κ2) is 5.61. The number of aromatic carboxylic acids is 1. The third-order valence-electron chi connectivity index (χ3n) is 3.63. The number of anilines is 1. The van der Waals surface area contributed by atoms with Crippen LogP contribution in [0, 0.1) is 5.92 Å². The highest BCUT2D eigenvalue weighted by Crippen LogP contribution is 2.30. The van der Waals surface area contributed by atoms with Gasteiger partial charge in [0, 0.05) is 18.8 Å². The Morgan fingerprint density at radius 1 is 1.50 bits per heavy atom. The Bertz CT molecular complexity index is 443. The van der Waals surface area contributed by atoms with Crippen LogP contribution in [0.4, 0.5) is 5.69 Å². The average Bonchev–Trinajstić information content (AvgIpc) is 2.27. The Hall–Kier alpha value is -1.22. The van der Waals surface area contributed by atoms with E-state index in [1.165, 1.54) is 19.3 Å². The summed E-state index contributed by atoms with van der Waals surface area (Å²) >= 11 is 6.00. The number of carboxylic acid groups (broad SMARTS) is 1. The van der Waals surface area contributed by atoms with Crippen LogP contribution in [0.25, 0.3) is 0 Å². The van der Waals surface area contributed by atoms with Gasteiger partial charge in [-0.05, 0) is 43.9 Å². The zero-order chi connectivity index (χ0) is 13.1. The van der Waals surface area contributed by atoms with E-state index in [2.05, 4.69) is 11.8 Å². The highest BCUT2D eigenvalue weighted by molar-refractivity contribution is 6.33. The minimum absolute atomic E-state index is 0.167. The van der Waals surface area contributed by atoms with E-state index in [9.17, 15) is 4.79 Å². The number of hydrogen-bond acceptors (Lipinski definition) is 2. The van der Waals surface area contributed by atoms with E-state index in [-0.39, 0.29) is 5.56 Å². The summed E-state index contributed by atoms with van der Waals surface area (Å²) in [5, 5.41) is 9.26. The predicted octanol–water partition coefficient (Wildman–Crippen LogP) is 3.66. The molecule has 1 aromatic rings. The maximum absolute atomic E-state index is 10.9. The summed E-state index contributed by atoms with van der Waals surface area (Å²) in [5.41, 5.74) is 1.18. The van der Waals surface area contributed by atoms with E-state index < -0.39 is 5.97 Å². The van der Waals surface area contributed by atoms with Crippen LogP contribution >= 0.6 is 11.6 Å². The molecule has 3 nitrogen and oxygen atoms in total. The van der Waals surface area contributed by atoms with Crippen LogP contribution in [0.15, 0.2) is 18.2 Å². The molecule has 4 heteroatoms. The molecule has 0 unspecified atom stereocenters. The van der Waals surface area contributed by atoms with E-state index in [0.717, 1.165) is 24.7 Å². The summed E-state index contributed by atoms with van der Waals surface area (Å²) < 4.78 is 0. The first kappa shape index (κ1) is 13.2. The van der Waals surface area contributed by atoms with Gasteiger partial charge in [-0.15, -0.1) is 0 Å². The van der Waals surface area contributed by atoms with Gasteiger partial charge in [-0.2, -0.15) is 0 Å². The van der Waals surface area contributed by atoms with Crippen molar-refractivity contribution in [1.29, 1.82) is 0 Å². The van der Waals surface area contributed by atoms with Crippen LogP contribution in [-0.2, 0) is 0 Å². The van der Waals surface area contributed by atoms with Gasteiger partial charge in [0.05, 0.1) is 10.6 Å². The number of halogens is 1. The monoisotopic (exact) mass is 267 g/mol. The summed E-state index contributed by atoms with van der Waals surface area (Å²) in [4.78, 5) is 13.2. The van der Waals surface area contributed by atoms with Gasteiger partial charge in [-0.25, -0.2) is 4.79 Å². The van der Waals surface area contributed by atoms with Crippen molar-refractivity contribution in [3.63, 3.8) is 0 Å². The molecule has 0 saturated heterocycles. The number of carboxylic acids is 1. The van der Waals surface area contributed by atoms with Crippen LogP contribution in [0.3, 0.4) is 0 Å². The zero-order valence-corrected chi connectivity index (χ0v) is 11.3. The van der Waals surface area contributed by atoms with Gasteiger partial charge in [-0.3, -0.25) is 0 Å². The molecule has 0 spiro atoms. The maximum Gasteiger partial charge on any atom is 0.337 e. The van der Waals surface area contributed by atoms with Gasteiger partial charge < -0.3 is 10.0 Å². The minimum atomic E-state index is -0.978. The third kappa shape index (κ3) is 2.78. The van der Waals surface area contributed by atoms with E-state index >= 15 is 0 Å². The molecule has 1 aromatic carbocycles. The van der Waals surface area contributed by atoms with Gasteiger partial charge >= 0.3 is 5.97 Å². The first-order valence-electron chi connectivity index (χ1n) is 6.39. The van der Waals surface area contributed by atoms with Gasteiger partial charge in [0.2, 0.25) is 0 Å². The van der Waals surface area contributed by atoms with E-state index in [1.807, 2.05) is 6.07 Å². The fraction of sp³-hybridized carbons (Fsp3) is 0.500. The lowest BCUT2D eigenvalue weighted by Crippen LogP contribution is -2.32. The summed E-state index contributed by atoms with van der Waals surface area (Å²) in [6.45, 7) is 4.07. The Morgan fingerprint density at radius 2 is 2.22 bits per heavy atom. The maximum atomic E-state index is 10.9. The molecule has 0 radical (unpaired) electrons. The molecule has 1 fully saturated rings. The normalized spacial score (nSPS) is 15.2. The molecule has 2 rings (SSSR count). The standard InChI is InChI=1S/C14H18ClNO2/c1-2-16(9-10-4-3-5-10)11-6-7-12(14(17)18)13(15)8-11/h6-8,10H,2-5,9H2,1H3,(H,17,18). The van der Waals surface area contributed by atoms with Crippen LogP contribution < -0.4 is 4.90 Å². The van der Waals surface area contributed by atoms with Gasteiger partial charge in [0.1, 0.15) is 0 Å². The summed E-state index contributed by atoms with van der Waals surface area (Å²) in [5.74, 6) is -0.198. The fourth-order valence-corrected chi connectivity index (χ4v) is 2.53. The Morgan fingerprint density at radius 3 is 2.67 bits per heavy atom. The van der Waals surface area contributed by atoms with Crippen molar-refractivity contribution in [3.05, 3.63) is 28.8 Å². The molecule has 98 valence electrons. The summed E-state index contributed by atoms with van der Waals surface area (Å²) in [6, 6.07) is 5.19. The van der Waals surface area contributed by atoms with Gasteiger partial charge in [0.15, 0.2) is 0 Å². The van der Waals surface area contributed by atoms with E-state index in [1.54, 1.807) is 12.1 Å². The number of benzene rings is 1. The van der Waals surface area contributed by atoms with Crippen molar-refractivity contribution in [1.82, 2.24) is 0 Å². The molecule has 0 heterocycles. The minimum Gasteiger partial charge on any atom is -0.478 e. The zero-order valence-electron chi connectivity index (χ0n) is 10.5. The molecule has 0 aromatic heterocycles. The van der Waals surface area contributed by atoms with Crippen molar-refractivity contribution in [2.24, 2.45) is 5.92 Å². The Balaban J connectivity index is 2.14. The predicted molar refractivity (Wildman–Crippen MR) is 73.6 cm³/mol. The van der Waals surface area contributed by atoms with E-state index in [4.69, 9.17) is 16.7 Å². The highest BCUT2D eigenvalue weighted by Gasteiger charge is 2.21. The number of rotatable bonds is 5. The summed E-state index contributed by atoms with van der Waals surface area (Å²) in [7, 11) is 0. The molecule has 1 N–H and O–H groups in total. The van der Waals surface area contributed by atoms with Crippen molar-refractivity contribution in [2.75, 3.05) is 18.0 Å². The molecule has 1 aliphatic rings. The highest BCUT2D eigenvalue weighted by atomic mass is 35.5. The largest absolute Gasteiger partial charge is 0.478 e. The quantitative estimate of drug-likeness (QED) is 0.885. The molecular formula is C14H18ClNO2. The number of nitrogens with zero attached hydrogens (tertiary/aromatic N) is 1. The first-order valence-corrected chi connectivity index (χ1v) is 6.77. The second-order valence-electron chi connectivity index (χ2n) is 4.80. The van der Waals surface area contributed by atoms with Crippen molar-refractivity contribution >= 4 is 23.3 Å². The van der Waals surface area contributed by atoms with Gasteiger partial charge in [-0.1, -0.05) is 18.0 Å². The molecule has 0 atom stereocenters. The molecule has 1 saturated carbocycles. The van der Waals surface area contributed by atoms with Crippen LogP contribution in [0.1, 0.15) is 36.5 Å². The van der Waals surface area contributed by atoms with Crippen LogP contribution in [-0.4, -0.2) is 24.2 Å². The average molecular weight is 268 g/mol. The summed E-state index contributed by atoms with van der Waals surface area (Å²) in [6.07, 6.45) is 3.94. The molecule has 0 bridgehead atoms. The van der Waals surface area contributed by atoms with Crippen molar-refractivity contribution in [3.8, 4) is 0 Å². The van der Waals surface area contributed by atoms with Crippen molar-refractivity contribution < 1.29 is 9.90 Å². The first-order chi connectivity index (χ1) is 8.61. The second-order valence-corrected chi connectivity index (χ2v) is 5.21. The van der Waals surface area contributed by atoms with E-state index in [0.29, 0.717) is 5.02 Å². The lowest BCUT2D eigenvalue weighted by atomic mass is 9.85.